The number of ether oxygens (including phenoxy) is 1. The highest BCUT2D eigenvalue weighted by Crippen LogP contribution is 2.26. The summed E-state index contributed by atoms with van der Waals surface area (Å²) in [7, 11) is 1.70. The van der Waals surface area contributed by atoms with E-state index >= 15 is 0 Å². The van der Waals surface area contributed by atoms with E-state index in [0.717, 1.165) is 31.0 Å². The molecular formula is C13H18N2OS. The van der Waals surface area contributed by atoms with Gasteiger partial charge in [-0.1, -0.05) is 18.2 Å². The molecule has 0 radical (unpaired) electrons. The third kappa shape index (κ3) is 2.96. The number of fused-ring (bicyclic) bond motifs is 1. The molecule has 1 N–H and O–H groups in total. The number of aryl methyl sites for hydroxylation is 1. The average Bonchev–Trinajstić information content (AvgIpc) is 2.38. The summed E-state index contributed by atoms with van der Waals surface area (Å²) in [6, 6.07) is 8.47. The van der Waals surface area contributed by atoms with Gasteiger partial charge in [0, 0.05) is 25.9 Å². The zero-order valence-electron chi connectivity index (χ0n) is 10.1. The Labute approximate surface area is 108 Å². The standard InChI is InChI=1S/C13H18N2OS/c1-16-10-8-14-13(17)15-9-4-6-11-5-2-3-7-12(11)15/h2-3,5,7H,4,6,8-10H2,1H3,(H,14,17). The smallest absolute Gasteiger partial charge is 0.173 e. The van der Waals surface area contributed by atoms with E-state index in [1.54, 1.807) is 7.11 Å². The summed E-state index contributed by atoms with van der Waals surface area (Å²) in [6.07, 6.45) is 2.30. The number of anilines is 1. The molecule has 92 valence electrons. The van der Waals surface area contributed by atoms with Crippen molar-refractivity contribution in [2.45, 2.75) is 12.8 Å². The van der Waals surface area contributed by atoms with E-state index in [1.807, 2.05) is 0 Å². The summed E-state index contributed by atoms with van der Waals surface area (Å²) in [5.41, 5.74) is 2.63. The van der Waals surface area contributed by atoms with Crippen LogP contribution in [0, 0.1) is 0 Å². The Morgan fingerprint density at radius 3 is 3.12 bits per heavy atom. The normalized spacial score (nSPS) is 14.3. The summed E-state index contributed by atoms with van der Waals surface area (Å²) in [4.78, 5) is 2.18. The molecule has 4 heteroatoms. The quantitative estimate of drug-likeness (QED) is 0.655. The molecular weight excluding hydrogens is 232 g/mol. The number of para-hydroxylation sites is 1. The summed E-state index contributed by atoms with van der Waals surface area (Å²) in [6.45, 7) is 2.43. The van der Waals surface area contributed by atoms with Crippen LogP contribution >= 0.6 is 12.2 Å². The van der Waals surface area contributed by atoms with Gasteiger partial charge >= 0.3 is 0 Å². The van der Waals surface area contributed by atoms with Gasteiger partial charge in [-0.3, -0.25) is 0 Å². The van der Waals surface area contributed by atoms with Crippen LogP contribution in [0.3, 0.4) is 0 Å². The van der Waals surface area contributed by atoms with Crippen molar-refractivity contribution < 1.29 is 4.74 Å². The van der Waals surface area contributed by atoms with Crippen molar-refractivity contribution >= 4 is 23.0 Å². The number of thiocarbonyl (C=S) groups is 1. The van der Waals surface area contributed by atoms with Crippen LogP contribution in [0.2, 0.25) is 0 Å². The molecule has 0 atom stereocenters. The van der Waals surface area contributed by atoms with Crippen molar-refractivity contribution in [1.82, 2.24) is 5.32 Å². The van der Waals surface area contributed by atoms with E-state index in [1.165, 1.54) is 11.3 Å². The zero-order chi connectivity index (χ0) is 12.1. The van der Waals surface area contributed by atoms with Gasteiger partial charge in [-0.15, -0.1) is 0 Å². The van der Waals surface area contributed by atoms with Crippen molar-refractivity contribution in [3.05, 3.63) is 29.8 Å². The molecule has 0 saturated heterocycles. The van der Waals surface area contributed by atoms with Crippen LogP contribution in [0.5, 0.6) is 0 Å². The fourth-order valence-corrected chi connectivity index (χ4v) is 2.39. The second-order valence-electron chi connectivity index (χ2n) is 4.11. The Morgan fingerprint density at radius 2 is 2.29 bits per heavy atom. The van der Waals surface area contributed by atoms with Crippen molar-refractivity contribution in [2.24, 2.45) is 0 Å². The van der Waals surface area contributed by atoms with Gasteiger partial charge < -0.3 is 15.0 Å². The number of nitrogens with zero attached hydrogens (tertiary/aromatic N) is 1. The fraction of sp³-hybridized carbons (Fsp3) is 0.462. The molecule has 1 aromatic carbocycles. The number of rotatable bonds is 3. The minimum absolute atomic E-state index is 0.676. The van der Waals surface area contributed by atoms with Crippen molar-refractivity contribution in [2.75, 3.05) is 31.7 Å². The Bertz CT molecular complexity index is 395. The molecule has 0 unspecified atom stereocenters. The Morgan fingerprint density at radius 1 is 1.47 bits per heavy atom. The Balaban J connectivity index is 2.05. The SMILES string of the molecule is COCCNC(=S)N1CCCc2ccccc21. The predicted octanol–water partition coefficient (Wildman–Crippen LogP) is 1.96. The minimum atomic E-state index is 0.676. The van der Waals surface area contributed by atoms with E-state index in [-0.39, 0.29) is 0 Å². The molecule has 1 aromatic rings. The molecule has 2 rings (SSSR count). The number of hydrogen-bond donors (Lipinski definition) is 1. The minimum Gasteiger partial charge on any atom is -0.383 e. The van der Waals surface area contributed by atoms with E-state index in [2.05, 4.69) is 34.5 Å². The average molecular weight is 250 g/mol. The van der Waals surface area contributed by atoms with Gasteiger partial charge in [-0.2, -0.15) is 0 Å². The summed E-state index contributed by atoms with van der Waals surface area (Å²) >= 11 is 5.42. The van der Waals surface area contributed by atoms with Crippen molar-refractivity contribution in [3.8, 4) is 0 Å². The van der Waals surface area contributed by atoms with Gasteiger partial charge in [0.25, 0.3) is 0 Å². The largest absolute Gasteiger partial charge is 0.383 e. The van der Waals surface area contributed by atoms with E-state index in [0.29, 0.717) is 6.61 Å². The molecule has 0 aromatic heterocycles. The highest BCUT2D eigenvalue weighted by atomic mass is 32.1. The molecule has 0 saturated carbocycles. The summed E-state index contributed by atoms with van der Waals surface area (Å²) < 4.78 is 5.01. The van der Waals surface area contributed by atoms with E-state index in [4.69, 9.17) is 17.0 Å². The van der Waals surface area contributed by atoms with Crippen LogP contribution in [-0.4, -0.2) is 31.9 Å². The first-order chi connectivity index (χ1) is 8.33. The molecule has 1 aliphatic rings. The second-order valence-corrected chi connectivity index (χ2v) is 4.50. The van der Waals surface area contributed by atoms with Crippen LogP contribution in [0.25, 0.3) is 0 Å². The van der Waals surface area contributed by atoms with Gasteiger partial charge in [-0.05, 0) is 36.7 Å². The van der Waals surface area contributed by atoms with Gasteiger partial charge in [0.15, 0.2) is 5.11 Å². The summed E-state index contributed by atoms with van der Waals surface area (Å²) in [5, 5.41) is 4.03. The fourth-order valence-electron chi connectivity index (χ4n) is 2.10. The highest BCUT2D eigenvalue weighted by molar-refractivity contribution is 7.80. The Kier molecular flexibility index (Phi) is 4.34. The maximum absolute atomic E-state index is 5.42. The second kappa shape index (κ2) is 5.98. The monoisotopic (exact) mass is 250 g/mol. The van der Waals surface area contributed by atoms with Crippen LogP contribution in [0.15, 0.2) is 24.3 Å². The molecule has 1 heterocycles. The first-order valence-electron chi connectivity index (χ1n) is 5.95. The van der Waals surface area contributed by atoms with Crippen molar-refractivity contribution in [3.63, 3.8) is 0 Å². The van der Waals surface area contributed by atoms with Gasteiger partial charge in [0.05, 0.1) is 6.61 Å². The van der Waals surface area contributed by atoms with Gasteiger partial charge in [-0.25, -0.2) is 0 Å². The van der Waals surface area contributed by atoms with Crippen LogP contribution in [-0.2, 0) is 11.2 Å². The molecule has 0 aliphatic carbocycles. The lowest BCUT2D eigenvalue weighted by Gasteiger charge is -2.31. The van der Waals surface area contributed by atoms with Crippen molar-refractivity contribution in [1.29, 1.82) is 0 Å². The van der Waals surface area contributed by atoms with Crippen LogP contribution in [0.4, 0.5) is 5.69 Å². The maximum Gasteiger partial charge on any atom is 0.173 e. The first-order valence-corrected chi connectivity index (χ1v) is 6.36. The highest BCUT2D eigenvalue weighted by Gasteiger charge is 2.18. The van der Waals surface area contributed by atoms with E-state index < -0.39 is 0 Å². The molecule has 0 bridgehead atoms. The molecule has 1 aliphatic heterocycles. The van der Waals surface area contributed by atoms with Crippen LogP contribution < -0.4 is 10.2 Å². The first kappa shape index (κ1) is 12.3. The number of nitrogens with one attached hydrogen (secondary N) is 1. The summed E-state index contributed by atoms with van der Waals surface area (Å²) in [5.74, 6) is 0. The lowest BCUT2D eigenvalue weighted by molar-refractivity contribution is 0.204. The maximum atomic E-state index is 5.42. The Hall–Kier alpha value is -1.13. The third-order valence-electron chi connectivity index (χ3n) is 2.94. The molecule has 0 spiro atoms. The topological polar surface area (TPSA) is 24.5 Å². The third-order valence-corrected chi connectivity index (χ3v) is 3.30. The predicted molar refractivity (Wildman–Crippen MR) is 74.6 cm³/mol. The number of hydrogen-bond acceptors (Lipinski definition) is 2. The molecule has 0 amide bonds. The lowest BCUT2D eigenvalue weighted by atomic mass is 10.0. The number of methoxy groups -OCH3 is 1. The lowest BCUT2D eigenvalue weighted by Crippen LogP contribution is -2.43. The van der Waals surface area contributed by atoms with E-state index in [9.17, 15) is 0 Å². The van der Waals surface area contributed by atoms with Gasteiger partial charge in [0.2, 0.25) is 0 Å². The molecule has 17 heavy (non-hydrogen) atoms. The van der Waals surface area contributed by atoms with Gasteiger partial charge in [0.1, 0.15) is 0 Å². The molecule has 0 fully saturated rings. The zero-order valence-corrected chi connectivity index (χ0v) is 10.9. The number of benzene rings is 1. The molecule has 3 nitrogen and oxygen atoms in total. The van der Waals surface area contributed by atoms with Crippen LogP contribution in [0.1, 0.15) is 12.0 Å².